The van der Waals surface area contributed by atoms with Gasteiger partial charge in [0.05, 0.1) is 25.1 Å². The first kappa shape index (κ1) is 22.0. The van der Waals surface area contributed by atoms with Gasteiger partial charge in [0.25, 0.3) is 5.91 Å². The van der Waals surface area contributed by atoms with Gasteiger partial charge in [0.1, 0.15) is 5.75 Å². The van der Waals surface area contributed by atoms with Crippen molar-refractivity contribution in [3.8, 4) is 5.75 Å². The highest BCUT2D eigenvalue weighted by molar-refractivity contribution is 7.92. The molecular formula is C19H23ClN2O5S. The molecule has 7 nitrogen and oxygen atoms in total. The second-order valence-electron chi connectivity index (χ2n) is 5.99. The van der Waals surface area contributed by atoms with E-state index in [9.17, 15) is 13.2 Å². The summed E-state index contributed by atoms with van der Waals surface area (Å²) in [5, 5.41) is 3.14. The Hall–Kier alpha value is -2.29. The SMILES string of the molecule is COCCNC(=O)COc1ccc(N(Cc2ccccc2Cl)S(C)(=O)=O)cc1. The highest BCUT2D eigenvalue weighted by Crippen LogP contribution is 2.26. The van der Waals surface area contributed by atoms with Crippen molar-refractivity contribution < 1.29 is 22.7 Å². The summed E-state index contributed by atoms with van der Waals surface area (Å²) in [6.45, 7) is 0.801. The molecule has 0 aliphatic carbocycles. The smallest absolute Gasteiger partial charge is 0.258 e. The van der Waals surface area contributed by atoms with E-state index in [4.69, 9.17) is 21.1 Å². The third kappa shape index (κ3) is 6.70. The molecule has 0 heterocycles. The summed E-state index contributed by atoms with van der Waals surface area (Å²) in [5.41, 5.74) is 1.17. The first-order chi connectivity index (χ1) is 13.3. The van der Waals surface area contributed by atoms with Gasteiger partial charge in [-0.15, -0.1) is 0 Å². The molecule has 0 radical (unpaired) electrons. The van der Waals surface area contributed by atoms with Gasteiger partial charge >= 0.3 is 0 Å². The fourth-order valence-electron chi connectivity index (χ4n) is 2.38. The minimum Gasteiger partial charge on any atom is -0.484 e. The Kier molecular flexibility index (Phi) is 8.10. The van der Waals surface area contributed by atoms with Gasteiger partial charge in [-0.1, -0.05) is 29.8 Å². The minimum atomic E-state index is -3.53. The predicted octanol–water partition coefficient (Wildman–Crippen LogP) is 2.45. The largest absolute Gasteiger partial charge is 0.484 e. The monoisotopic (exact) mass is 426 g/mol. The molecular weight excluding hydrogens is 404 g/mol. The van der Waals surface area contributed by atoms with Crippen LogP contribution in [0, 0.1) is 0 Å². The predicted molar refractivity (Wildman–Crippen MR) is 109 cm³/mol. The van der Waals surface area contributed by atoms with Crippen LogP contribution in [0.15, 0.2) is 48.5 Å². The molecule has 0 aliphatic rings. The Morgan fingerprint density at radius 2 is 1.82 bits per heavy atom. The maximum atomic E-state index is 12.3. The Balaban J connectivity index is 2.06. The van der Waals surface area contributed by atoms with E-state index in [0.29, 0.717) is 35.2 Å². The van der Waals surface area contributed by atoms with Crippen LogP contribution in [-0.2, 0) is 26.1 Å². The number of methoxy groups -OCH3 is 1. The standard InChI is InChI=1S/C19H23ClN2O5S/c1-26-12-11-21-19(23)14-27-17-9-7-16(8-10-17)22(28(2,24)25)13-15-5-3-4-6-18(15)20/h3-10H,11-14H2,1-2H3,(H,21,23). The second kappa shape index (κ2) is 10.3. The fourth-order valence-corrected chi connectivity index (χ4v) is 3.46. The Bertz CT molecular complexity index is 887. The second-order valence-corrected chi connectivity index (χ2v) is 8.30. The van der Waals surface area contributed by atoms with Crippen LogP contribution in [0.3, 0.4) is 0 Å². The summed E-state index contributed by atoms with van der Waals surface area (Å²) in [6, 6.07) is 13.5. The Morgan fingerprint density at radius 3 is 2.43 bits per heavy atom. The molecule has 2 rings (SSSR count). The molecule has 0 unspecified atom stereocenters. The van der Waals surface area contributed by atoms with E-state index in [-0.39, 0.29) is 19.1 Å². The van der Waals surface area contributed by atoms with E-state index in [2.05, 4.69) is 5.32 Å². The van der Waals surface area contributed by atoms with Gasteiger partial charge in [-0.05, 0) is 35.9 Å². The van der Waals surface area contributed by atoms with Crippen molar-refractivity contribution >= 4 is 33.2 Å². The van der Waals surface area contributed by atoms with E-state index >= 15 is 0 Å². The van der Waals surface area contributed by atoms with E-state index < -0.39 is 10.0 Å². The van der Waals surface area contributed by atoms with Gasteiger partial charge < -0.3 is 14.8 Å². The molecule has 0 aromatic heterocycles. The van der Waals surface area contributed by atoms with Crippen LogP contribution >= 0.6 is 11.6 Å². The number of carbonyl (C=O) groups excluding carboxylic acids is 1. The van der Waals surface area contributed by atoms with E-state index in [0.717, 1.165) is 6.26 Å². The van der Waals surface area contributed by atoms with Gasteiger partial charge in [0.2, 0.25) is 10.0 Å². The number of carbonyl (C=O) groups is 1. The van der Waals surface area contributed by atoms with Crippen LogP contribution in [0.4, 0.5) is 5.69 Å². The molecule has 0 saturated heterocycles. The number of nitrogens with one attached hydrogen (secondary N) is 1. The van der Waals surface area contributed by atoms with Crippen LogP contribution < -0.4 is 14.4 Å². The molecule has 2 aromatic carbocycles. The average Bonchev–Trinajstić information content (AvgIpc) is 2.65. The summed E-state index contributed by atoms with van der Waals surface area (Å²) in [6.07, 6.45) is 1.14. The number of halogens is 1. The Morgan fingerprint density at radius 1 is 1.14 bits per heavy atom. The van der Waals surface area contributed by atoms with Crippen molar-refractivity contribution in [2.24, 2.45) is 0 Å². The molecule has 2 aromatic rings. The summed E-state index contributed by atoms with van der Waals surface area (Å²) in [5.74, 6) is 0.189. The summed E-state index contributed by atoms with van der Waals surface area (Å²) < 4.78 is 36.0. The molecule has 28 heavy (non-hydrogen) atoms. The van der Waals surface area contributed by atoms with Crippen molar-refractivity contribution in [1.29, 1.82) is 0 Å². The molecule has 0 fully saturated rings. The van der Waals surface area contributed by atoms with E-state index in [1.165, 1.54) is 4.31 Å². The summed E-state index contributed by atoms with van der Waals surface area (Å²) in [4.78, 5) is 11.6. The first-order valence-electron chi connectivity index (χ1n) is 8.51. The summed E-state index contributed by atoms with van der Waals surface area (Å²) >= 11 is 6.16. The van der Waals surface area contributed by atoms with Gasteiger partial charge in [-0.2, -0.15) is 0 Å². The van der Waals surface area contributed by atoms with Crippen molar-refractivity contribution in [3.05, 3.63) is 59.1 Å². The highest BCUT2D eigenvalue weighted by atomic mass is 35.5. The van der Waals surface area contributed by atoms with Crippen LogP contribution in [0.2, 0.25) is 5.02 Å². The van der Waals surface area contributed by atoms with E-state index in [1.807, 2.05) is 0 Å². The lowest BCUT2D eigenvalue weighted by atomic mass is 10.2. The van der Waals surface area contributed by atoms with Crippen molar-refractivity contribution in [1.82, 2.24) is 5.32 Å². The molecule has 0 atom stereocenters. The molecule has 152 valence electrons. The number of ether oxygens (including phenoxy) is 2. The zero-order chi connectivity index (χ0) is 20.6. The molecule has 1 amide bonds. The van der Waals surface area contributed by atoms with Gasteiger partial charge in [0, 0.05) is 18.7 Å². The third-order valence-electron chi connectivity index (χ3n) is 3.80. The van der Waals surface area contributed by atoms with Crippen molar-refractivity contribution in [2.75, 3.05) is 37.4 Å². The maximum Gasteiger partial charge on any atom is 0.258 e. The lowest BCUT2D eigenvalue weighted by Gasteiger charge is -2.23. The van der Waals surface area contributed by atoms with Crippen molar-refractivity contribution in [3.63, 3.8) is 0 Å². The summed E-state index contributed by atoms with van der Waals surface area (Å²) in [7, 11) is -1.98. The number of rotatable bonds is 10. The highest BCUT2D eigenvalue weighted by Gasteiger charge is 2.19. The third-order valence-corrected chi connectivity index (χ3v) is 5.30. The van der Waals surface area contributed by atoms with Gasteiger partial charge in [-0.25, -0.2) is 8.42 Å². The van der Waals surface area contributed by atoms with Crippen LogP contribution in [0.25, 0.3) is 0 Å². The first-order valence-corrected chi connectivity index (χ1v) is 10.7. The van der Waals surface area contributed by atoms with Gasteiger partial charge in [-0.3, -0.25) is 9.10 Å². The zero-order valence-corrected chi connectivity index (χ0v) is 17.3. The zero-order valence-electron chi connectivity index (χ0n) is 15.7. The molecule has 1 N–H and O–H groups in total. The molecule has 0 bridgehead atoms. The minimum absolute atomic E-state index is 0.112. The quantitative estimate of drug-likeness (QED) is 0.590. The Labute approximate surface area is 170 Å². The number of hydrogen-bond donors (Lipinski definition) is 1. The molecule has 0 spiro atoms. The van der Waals surface area contributed by atoms with Crippen LogP contribution in [0.5, 0.6) is 5.75 Å². The van der Waals surface area contributed by atoms with Gasteiger partial charge in [0.15, 0.2) is 6.61 Å². The topological polar surface area (TPSA) is 84.9 Å². The van der Waals surface area contributed by atoms with Crippen LogP contribution in [-0.4, -0.2) is 47.4 Å². The van der Waals surface area contributed by atoms with Crippen molar-refractivity contribution in [2.45, 2.75) is 6.54 Å². The molecule has 0 aliphatic heterocycles. The fraction of sp³-hybridized carbons (Fsp3) is 0.316. The number of anilines is 1. The van der Waals surface area contributed by atoms with E-state index in [1.54, 1.807) is 55.6 Å². The number of benzene rings is 2. The number of sulfonamides is 1. The lowest BCUT2D eigenvalue weighted by molar-refractivity contribution is -0.123. The lowest BCUT2D eigenvalue weighted by Crippen LogP contribution is -2.31. The average molecular weight is 427 g/mol. The number of amides is 1. The normalized spacial score (nSPS) is 11.1. The number of nitrogens with zero attached hydrogens (tertiary/aromatic N) is 1. The molecule has 9 heteroatoms. The number of hydrogen-bond acceptors (Lipinski definition) is 5. The maximum absolute atomic E-state index is 12.3. The molecule has 0 saturated carbocycles. The van der Waals surface area contributed by atoms with Crippen LogP contribution in [0.1, 0.15) is 5.56 Å².